The Morgan fingerprint density at radius 2 is 2.21 bits per heavy atom. The lowest BCUT2D eigenvalue weighted by Crippen LogP contribution is -2.44. The van der Waals surface area contributed by atoms with E-state index < -0.39 is 0 Å². The molecule has 0 saturated carbocycles. The third-order valence-corrected chi connectivity index (χ3v) is 4.11. The molecule has 0 aromatic rings. The second-order valence-electron chi connectivity index (χ2n) is 5.45. The van der Waals surface area contributed by atoms with Crippen molar-refractivity contribution in [1.82, 2.24) is 15.5 Å². The van der Waals surface area contributed by atoms with Gasteiger partial charge in [0.05, 0.1) is 12.0 Å². The van der Waals surface area contributed by atoms with Crippen molar-refractivity contribution in [3.05, 3.63) is 0 Å². The molecule has 0 aromatic heterocycles. The molecule has 2 heterocycles. The molecule has 2 atom stereocenters. The van der Waals surface area contributed by atoms with Gasteiger partial charge in [0.15, 0.2) is 0 Å². The number of hydrogen-bond donors (Lipinski definition) is 2. The normalized spacial score (nSPS) is 28.5. The fourth-order valence-electron chi connectivity index (χ4n) is 2.93. The van der Waals surface area contributed by atoms with Crippen molar-refractivity contribution in [2.24, 2.45) is 5.92 Å². The summed E-state index contributed by atoms with van der Waals surface area (Å²) in [4.78, 5) is 14.5. The summed E-state index contributed by atoms with van der Waals surface area (Å²) in [5.41, 5.74) is 0. The lowest BCUT2D eigenvalue weighted by Gasteiger charge is -2.27. The van der Waals surface area contributed by atoms with E-state index in [4.69, 9.17) is 4.74 Å². The first-order valence-corrected chi connectivity index (χ1v) is 7.63. The minimum absolute atomic E-state index is 0.0733. The molecule has 0 aliphatic carbocycles. The zero-order chi connectivity index (χ0) is 13.5. The number of hydrogen-bond acceptors (Lipinski definition) is 4. The summed E-state index contributed by atoms with van der Waals surface area (Å²) in [6.07, 6.45) is 2.98. The van der Waals surface area contributed by atoms with E-state index in [0.29, 0.717) is 0 Å². The van der Waals surface area contributed by atoms with Crippen LogP contribution in [0.1, 0.15) is 26.2 Å². The molecule has 2 rings (SSSR count). The fourth-order valence-corrected chi connectivity index (χ4v) is 2.93. The third kappa shape index (κ3) is 4.44. The molecule has 5 heteroatoms. The number of piperazine rings is 1. The summed E-state index contributed by atoms with van der Waals surface area (Å²) >= 11 is 0. The molecular formula is C14H27N3O2. The molecule has 1 amide bonds. The van der Waals surface area contributed by atoms with Gasteiger partial charge in [-0.15, -0.1) is 0 Å². The molecule has 2 unspecified atom stereocenters. The van der Waals surface area contributed by atoms with Crippen LogP contribution in [0.5, 0.6) is 0 Å². The van der Waals surface area contributed by atoms with Crippen LogP contribution in [0, 0.1) is 5.92 Å². The molecule has 0 bridgehead atoms. The first kappa shape index (κ1) is 14.8. The molecule has 0 spiro atoms. The summed E-state index contributed by atoms with van der Waals surface area (Å²) in [5, 5.41) is 6.41. The number of rotatable bonds is 6. The van der Waals surface area contributed by atoms with Gasteiger partial charge in [0.25, 0.3) is 0 Å². The molecule has 5 nitrogen and oxygen atoms in total. The van der Waals surface area contributed by atoms with Crippen molar-refractivity contribution in [2.45, 2.75) is 32.3 Å². The van der Waals surface area contributed by atoms with E-state index in [9.17, 15) is 4.79 Å². The number of carbonyl (C=O) groups is 1. The molecule has 2 aliphatic rings. The summed E-state index contributed by atoms with van der Waals surface area (Å²) in [5.74, 6) is 0.258. The highest BCUT2D eigenvalue weighted by Crippen LogP contribution is 2.23. The van der Waals surface area contributed by atoms with Gasteiger partial charge in [0.2, 0.25) is 5.91 Å². The predicted octanol–water partition coefficient (Wildman–Crippen LogP) is 0.213. The van der Waals surface area contributed by atoms with Gasteiger partial charge >= 0.3 is 0 Å². The third-order valence-electron chi connectivity index (χ3n) is 4.11. The molecule has 2 aliphatic heterocycles. The zero-order valence-electron chi connectivity index (χ0n) is 12.0. The van der Waals surface area contributed by atoms with Crippen LogP contribution in [-0.4, -0.2) is 62.8 Å². The van der Waals surface area contributed by atoms with E-state index in [2.05, 4.69) is 22.5 Å². The highest BCUT2D eigenvalue weighted by atomic mass is 16.5. The molecule has 110 valence electrons. The van der Waals surface area contributed by atoms with E-state index in [1.54, 1.807) is 0 Å². The van der Waals surface area contributed by atoms with E-state index in [1.807, 2.05) is 0 Å². The number of nitrogens with zero attached hydrogens (tertiary/aromatic N) is 1. The van der Waals surface area contributed by atoms with Crippen molar-refractivity contribution in [3.8, 4) is 0 Å². The van der Waals surface area contributed by atoms with Crippen molar-refractivity contribution >= 4 is 5.91 Å². The molecule has 2 fully saturated rings. The zero-order valence-corrected chi connectivity index (χ0v) is 12.0. The van der Waals surface area contributed by atoms with E-state index in [0.717, 1.165) is 65.1 Å². The van der Waals surface area contributed by atoms with Gasteiger partial charge in [-0.05, 0) is 25.8 Å². The van der Waals surface area contributed by atoms with Crippen LogP contribution in [0.25, 0.3) is 0 Å². The topological polar surface area (TPSA) is 53.6 Å². The van der Waals surface area contributed by atoms with Crippen molar-refractivity contribution in [1.29, 1.82) is 0 Å². The summed E-state index contributed by atoms with van der Waals surface area (Å²) in [7, 11) is 0. The molecule has 0 radical (unpaired) electrons. The maximum absolute atomic E-state index is 12.1. The lowest BCUT2D eigenvalue weighted by molar-refractivity contribution is -0.126. The van der Waals surface area contributed by atoms with Gasteiger partial charge in [-0.2, -0.15) is 0 Å². The van der Waals surface area contributed by atoms with E-state index in [-0.39, 0.29) is 17.9 Å². The van der Waals surface area contributed by atoms with Crippen LogP contribution in [0.2, 0.25) is 0 Å². The Labute approximate surface area is 116 Å². The van der Waals surface area contributed by atoms with Crippen LogP contribution in [0.3, 0.4) is 0 Å². The number of amides is 1. The van der Waals surface area contributed by atoms with Crippen molar-refractivity contribution in [2.75, 3.05) is 45.9 Å². The Balaban J connectivity index is 1.58. The van der Waals surface area contributed by atoms with Crippen LogP contribution >= 0.6 is 0 Å². The first-order chi connectivity index (χ1) is 9.31. The van der Waals surface area contributed by atoms with Crippen LogP contribution < -0.4 is 10.6 Å². The standard InChI is InChI=1S/C14H27N3O2/c1-2-13-12(4-11-19-13)14(18)16-5-3-8-17-9-6-15-7-10-17/h12-13,15H,2-11H2,1H3,(H,16,18). The average Bonchev–Trinajstić information content (AvgIpc) is 2.93. The van der Waals surface area contributed by atoms with Gasteiger partial charge in [0.1, 0.15) is 0 Å². The van der Waals surface area contributed by atoms with Crippen LogP contribution in [-0.2, 0) is 9.53 Å². The fraction of sp³-hybridized carbons (Fsp3) is 0.929. The SMILES string of the molecule is CCC1OCCC1C(=O)NCCCN1CCNCC1. The van der Waals surface area contributed by atoms with Gasteiger partial charge < -0.3 is 20.3 Å². The smallest absolute Gasteiger partial charge is 0.225 e. The average molecular weight is 269 g/mol. The Morgan fingerprint density at radius 3 is 2.95 bits per heavy atom. The van der Waals surface area contributed by atoms with Gasteiger partial charge in [-0.3, -0.25) is 4.79 Å². The first-order valence-electron chi connectivity index (χ1n) is 7.63. The Bertz CT molecular complexity index is 280. The van der Waals surface area contributed by atoms with Gasteiger partial charge in [-0.1, -0.05) is 6.92 Å². The van der Waals surface area contributed by atoms with Crippen molar-refractivity contribution < 1.29 is 9.53 Å². The Hall–Kier alpha value is -0.650. The second kappa shape index (κ2) is 7.82. The Kier molecular flexibility index (Phi) is 6.07. The lowest BCUT2D eigenvalue weighted by atomic mass is 9.99. The number of ether oxygens (including phenoxy) is 1. The van der Waals surface area contributed by atoms with Gasteiger partial charge in [-0.25, -0.2) is 0 Å². The Morgan fingerprint density at radius 1 is 1.42 bits per heavy atom. The maximum Gasteiger partial charge on any atom is 0.225 e. The molecule has 19 heavy (non-hydrogen) atoms. The van der Waals surface area contributed by atoms with Crippen LogP contribution in [0.15, 0.2) is 0 Å². The summed E-state index contributed by atoms with van der Waals surface area (Å²) in [6.45, 7) is 9.12. The maximum atomic E-state index is 12.1. The number of carbonyl (C=O) groups excluding carboxylic acids is 1. The second-order valence-corrected chi connectivity index (χ2v) is 5.45. The molecule has 2 saturated heterocycles. The molecule has 0 aromatic carbocycles. The number of nitrogens with one attached hydrogen (secondary N) is 2. The van der Waals surface area contributed by atoms with E-state index >= 15 is 0 Å². The van der Waals surface area contributed by atoms with Crippen molar-refractivity contribution in [3.63, 3.8) is 0 Å². The van der Waals surface area contributed by atoms with Gasteiger partial charge in [0, 0.05) is 39.3 Å². The minimum Gasteiger partial charge on any atom is -0.377 e. The highest BCUT2D eigenvalue weighted by Gasteiger charge is 2.32. The summed E-state index contributed by atoms with van der Waals surface area (Å²) in [6, 6.07) is 0. The highest BCUT2D eigenvalue weighted by molar-refractivity contribution is 5.79. The monoisotopic (exact) mass is 269 g/mol. The molecular weight excluding hydrogens is 242 g/mol. The minimum atomic E-state index is 0.0733. The largest absolute Gasteiger partial charge is 0.377 e. The van der Waals surface area contributed by atoms with E-state index in [1.165, 1.54) is 0 Å². The predicted molar refractivity (Wildman–Crippen MR) is 75.1 cm³/mol. The molecule has 2 N–H and O–H groups in total. The summed E-state index contributed by atoms with van der Waals surface area (Å²) < 4.78 is 5.56. The van der Waals surface area contributed by atoms with Crippen LogP contribution in [0.4, 0.5) is 0 Å². The quantitative estimate of drug-likeness (QED) is 0.677.